The highest BCUT2D eigenvalue weighted by Gasteiger charge is 2.40. The van der Waals surface area contributed by atoms with Crippen LogP contribution in [0.25, 0.3) is 0 Å². The molecule has 0 spiro atoms. The second kappa shape index (κ2) is 5.00. The van der Waals surface area contributed by atoms with Crippen molar-refractivity contribution in [3.63, 3.8) is 0 Å². The van der Waals surface area contributed by atoms with Gasteiger partial charge in [0.15, 0.2) is 0 Å². The third-order valence-corrected chi connectivity index (χ3v) is 2.68. The third-order valence-electron chi connectivity index (χ3n) is 2.68. The van der Waals surface area contributed by atoms with Gasteiger partial charge in [-0.15, -0.1) is 0 Å². The van der Waals surface area contributed by atoms with Crippen LogP contribution in [0.5, 0.6) is 0 Å². The van der Waals surface area contributed by atoms with Crippen LogP contribution in [-0.2, 0) is 19.0 Å². The molecule has 0 saturated heterocycles. The number of carbonyl (C=O) groups excluding carboxylic acids is 2. The maximum atomic E-state index is 11.2. The summed E-state index contributed by atoms with van der Waals surface area (Å²) in [6.07, 6.45) is 2.66. The van der Waals surface area contributed by atoms with Crippen LogP contribution >= 0.6 is 0 Å². The van der Waals surface area contributed by atoms with Gasteiger partial charge in [0.25, 0.3) is 0 Å². The Morgan fingerprint density at radius 1 is 1.13 bits per heavy atom. The molecule has 5 heteroatoms. The van der Waals surface area contributed by atoms with Gasteiger partial charge in [-0.25, -0.2) is 4.79 Å². The number of hydrogen-bond acceptors (Lipinski definition) is 5. The van der Waals surface area contributed by atoms with Crippen LogP contribution in [0, 0.1) is 0 Å². The first-order valence-electron chi connectivity index (χ1n) is 4.96. The Morgan fingerprint density at radius 2 is 1.73 bits per heavy atom. The van der Waals surface area contributed by atoms with Gasteiger partial charge >= 0.3 is 12.1 Å². The van der Waals surface area contributed by atoms with Gasteiger partial charge in [-0.1, -0.05) is 0 Å². The van der Waals surface area contributed by atoms with Crippen molar-refractivity contribution >= 4 is 12.1 Å². The summed E-state index contributed by atoms with van der Waals surface area (Å²) in [7, 11) is 2.58. The van der Waals surface area contributed by atoms with Crippen LogP contribution in [0.15, 0.2) is 0 Å². The van der Waals surface area contributed by atoms with E-state index in [2.05, 4.69) is 9.47 Å². The third kappa shape index (κ3) is 3.11. The molecular formula is C10H16O5. The van der Waals surface area contributed by atoms with Crippen molar-refractivity contribution in [2.75, 3.05) is 14.2 Å². The predicted molar refractivity (Wildman–Crippen MR) is 51.3 cm³/mol. The van der Waals surface area contributed by atoms with E-state index in [1.54, 1.807) is 0 Å². The zero-order valence-electron chi connectivity index (χ0n) is 9.08. The standard InChI is InChI=1S/C10H16O5/c1-13-8(11)7-10(5-3-4-6-10)15-9(12)14-2/h3-7H2,1-2H3. The molecule has 1 rings (SSSR count). The lowest BCUT2D eigenvalue weighted by molar-refractivity contribution is -0.146. The smallest absolute Gasteiger partial charge is 0.469 e. The molecule has 1 fully saturated rings. The van der Waals surface area contributed by atoms with Gasteiger partial charge < -0.3 is 14.2 Å². The Bertz CT molecular complexity index is 222. The summed E-state index contributed by atoms with van der Waals surface area (Å²) in [4.78, 5) is 22.2. The lowest BCUT2D eigenvalue weighted by atomic mass is 9.98. The van der Waals surface area contributed by atoms with Crippen LogP contribution in [-0.4, -0.2) is 31.9 Å². The number of carbonyl (C=O) groups is 2. The number of methoxy groups -OCH3 is 2. The molecule has 0 aromatic carbocycles. The first-order valence-corrected chi connectivity index (χ1v) is 4.96. The molecule has 0 amide bonds. The Balaban J connectivity index is 2.61. The van der Waals surface area contributed by atoms with Gasteiger partial charge in [-0.2, -0.15) is 0 Å². The first-order chi connectivity index (χ1) is 7.12. The molecule has 86 valence electrons. The molecule has 1 aliphatic carbocycles. The molecule has 0 aromatic rings. The van der Waals surface area contributed by atoms with Crippen LogP contribution in [0.4, 0.5) is 4.79 Å². The summed E-state index contributed by atoms with van der Waals surface area (Å²) in [5.74, 6) is -0.360. The summed E-state index contributed by atoms with van der Waals surface area (Å²) in [6, 6.07) is 0. The minimum atomic E-state index is -0.735. The summed E-state index contributed by atoms with van der Waals surface area (Å²) in [6.45, 7) is 0. The highest BCUT2D eigenvalue weighted by molar-refractivity contribution is 5.71. The molecular weight excluding hydrogens is 200 g/mol. The van der Waals surface area contributed by atoms with Crippen LogP contribution in [0.2, 0.25) is 0 Å². The zero-order valence-corrected chi connectivity index (χ0v) is 9.08. The average molecular weight is 216 g/mol. The molecule has 1 saturated carbocycles. The maximum Gasteiger partial charge on any atom is 0.508 e. The Morgan fingerprint density at radius 3 is 2.20 bits per heavy atom. The monoisotopic (exact) mass is 216 g/mol. The quantitative estimate of drug-likeness (QED) is 0.671. The van der Waals surface area contributed by atoms with Gasteiger partial charge in [-0.05, 0) is 25.7 Å². The molecule has 0 aliphatic heterocycles. The predicted octanol–water partition coefficient (Wildman–Crippen LogP) is 1.65. The van der Waals surface area contributed by atoms with E-state index in [4.69, 9.17) is 4.74 Å². The van der Waals surface area contributed by atoms with Crippen LogP contribution in [0.3, 0.4) is 0 Å². The Kier molecular flexibility index (Phi) is 3.94. The lowest BCUT2D eigenvalue weighted by Crippen LogP contribution is -2.35. The van der Waals surface area contributed by atoms with Crippen LogP contribution in [0.1, 0.15) is 32.1 Å². The summed E-state index contributed by atoms with van der Waals surface area (Å²) < 4.78 is 14.2. The molecule has 0 bridgehead atoms. The topological polar surface area (TPSA) is 61.8 Å². The molecule has 0 atom stereocenters. The molecule has 15 heavy (non-hydrogen) atoms. The van der Waals surface area contributed by atoms with Gasteiger partial charge in [0.1, 0.15) is 5.60 Å². The Hall–Kier alpha value is -1.26. The molecule has 0 unspecified atom stereocenters. The van der Waals surface area contributed by atoms with Crippen molar-refractivity contribution in [3.8, 4) is 0 Å². The highest BCUT2D eigenvalue weighted by atomic mass is 16.7. The highest BCUT2D eigenvalue weighted by Crippen LogP contribution is 2.36. The molecule has 0 radical (unpaired) electrons. The van der Waals surface area contributed by atoms with Gasteiger partial charge in [0, 0.05) is 0 Å². The molecule has 0 aromatic heterocycles. The van der Waals surface area contributed by atoms with E-state index in [-0.39, 0.29) is 12.4 Å². The number of rotatable bonds is 3. The summed E-state index contributed by atoms with van der Waals surface area (Å²) >= 11 is 0. The van der Waals surface area contributed by atoms with Crippen LogP contribution < -0.4 is 0 Å². The largest absolute Gasteiger partial charge is 0.508 e. The van der Waals surface area contributed by atoms with E-state index in [0.29, 0.717) is 12.8 Å². The number of esters is 1. The summed E-state index contributed by atoms with van der Waals surface area (Å²) in [5, 5.41) is 0. The normalized spacial score (nSPS) is 18.3. The van der Waals surface area contributed by atoms with Crippen molar-refractivity contribution in [2.45, 2.75) is 37.7 Å². The summed E-state index contributed by atoms with van der Waals surface area (Å²) in [5.41, 5.74) is -0.708. The van der Waals surface area contributed by atoms with Crippen molar-refractivity contribution in [2.24, 2.45) is 0 Å². The lowest BCUT2D eigenvalue weighted by Gasteiger charge is -2.26. The number of hydrogen-bond donors (Lipinski definition) is 0. The fourth-order valence-electron chi connectivity index (χ4n) is 1.89. The van der Waals surface area contributed by atoms with E-state index < -0.39 is 11.8 Å². The Labute approximate surface area is 88.7 Å². The fraction of sp³-hybridized carbons (Fsp3) is 0.800. The molecule has 0 N–H and O–H groups in total. The van der Waals surface area contributed by atoms with E-state index in [1.165, 1.54) is 14.2 Å². The SMILES string of the molecule is COC(=O)CC1(OC(=O)OC)CCCC1. The van der Waals surface area contributed by atoms with Gasteiger partial charge in [0.2, 0.25) is 0 Å². The van der Waals surface area contributed by atoms with Gasteiger partial charge in [-0.3, -0.25) is 4.79 Å². The first kappa shape index (κ1) is 11.8. The minimum Gasteiger partial charge on any atom is -0.469 e. The van der Waals surface area contributed by atoms with E-state index >= 15 is 0 Å². The van der Waals surface area contributed by atoms with Crippen molar-refractivity contribution in [1.82, 2.24) is 0 Å². The average Bonchev–Trinajstić information content (AvgIpc) is 2.66. The van der Waals surface area contributed by atoms with E-state index in [9.17, 15) is 9.59 Å². The molecule has 1 aliphatic rings. The second-order valence-corrected chi connectivity index (χ2v) is 3.70. The van der Waals surface area contributed by atoms with E-state index in [1.807, 2.05) is 0 Å². The number of ether oxygens (including phenoxy) is 3. The minimum absolute atomic E-state index is 0.110. The molecule has 0 heterocycles. The fourth-order valence-corrected chi connectivity index (χ4v) is 1.89. The second-order valence-electron chi connectivity index (χ2n) is 3.70. The zero-order chi connectivity index (χ0) is 11.3. The maximum absolute atomic E-state index is 11.2. The van der Waals surface area contributed by atoms with E-state index in [0.717, 1.165) is 12.8 Å². The molecule has 5 nitrogen and oxygen atoms in total. The van der Waals surface area contributed by atoms with Gasteiger partial charge in [0.05, 0.1) is 20.6 Å². The van der Waals surface area contributed by atoms with Crippen molar-refractivity contribution < 1.29 is 23.8 Å². The van der Waals surface area contributed by atoms with Crippen molar-refractivity contribution in [3.05, 3.63) is 0 Å². The van der Waals surface area contributed by atoms with Crippen molar-refractivity contribution in [1.29, 1.82) is 0 Å².